The van der Waals surface area contributed by atoms with Crippen molar-refractivity contribution in [2.24, 2.45) is 0 Å². The molecule has 2 saturated heterocycles. The second-order valence-electron chi connectivity index (χ2n) is 11.1. The molecule has 0 N–H and O–H groups in total. The van der Waals surface area contributed by atoms with Gasteiger partial charge in [0.2, 0.25) is 0 Å². The SMILES string of the molecule is COC(=O)c1cncc(N2CC[Si](C)(C)CC2)c1.COC(=O)c1cncc(N2CC[Si](C)(C)CC2)c1. The molecule has 36 heavy (non-hydrogen) atoms. The van der Waals surface area contributed by atoms with Crippen LogP contribution < -0.4 is 9.80 Å². The number of hydrogen-bond donors (Lipinski definition) is 0. The molecule has 0 atom stereocenters. The predicted octanol–water partition coefficient (Wildman–Crippen LogP) is 4.79. The Labute approximate surface area is 217 Å². The minimum atomic E-state index is -0.961. The maximum Gasteiger partial charge on any atom is 0.339 e. The average molecular weight is 529 g/mol. The van der Waals surface area contributed by atoms with Crippen LogP contribution in [0.15, 0.2) is 36.9 Å². The van der Waals surface area contributed by atoms with Gasteiger partial charge in [0.05, 0.1) is 65.3 Å². The van der Waals surface area contributed by atoms with Gasteiger partial charge in [-0.2, -0.15) is 0 Å². The minimum absolute atomic E-state index is 0.323. The van der Waals surface area contributed by atoms with Crippen LogP contribution in [0, 0.1) is 0 Å². The van der Waals surface area contributed by atoms with Gasteiger partial charge in [-0.15, -0.1) is 0 Å². The lowest BCUT2D eigenvalue weighted by atomic mass is 10.2. The highest BCUT2D eigenvalue weighted by atomic mass is 28.3. The Morgan fingerprint density at radius 2 is 1.00 bits per heavy atom. The molecule has 0 radical (unpaired) electrons. The fourth-order valence-corrected chi connectivity index (χ4v) is 8.40. The highest BCUT2D eigenvalue weighted by Crippen LogP contribution is 2.27. The van der Waals surface area contributed by atoms with Crippen LogP contribution in [0.3, 0.4) is 0 Å². The summed E-state index contributed by atoms with van der Waals surface area (Å²) in [6, 6.07) is 8.95. The second-order valence-corrected chi connectivity index (χ2v) is 21.8. The second kappa shape index (κ2) is 12.0. The number of carbonyl (C=O) groups excluding carboxylic acids is 2. The smallest absolute Gasteiger partial charge is 0.339 e. The molecule has 4 heterocycles. The summed E-state index contributed by atoms with van der Waals surface area (Å²) >= 11 is 0. The third-order valence-electron chi connectivity index (χ3n) is 7.25. The number of ether oxygens (including phenoxy) is 2. The summed E-state index contributed by atoms with van der Waals surface area (Å²) in [5.74, 6) is -0.646. The number of methoxy groups -OCH3 is 2. The molecule has 0 saturated carbocycles. The predicted molar refractivity (Wildman–Crippen MR) is 150 cm³/mol. The lowest BCUT2D eigenvalue weighted by Crippen LogP contribution is -2.42. The molecule has 0 aromatic carbocycles. The quantitative estimate of drug-likeness (QED) is 0.414. The van der Waals surface area contributed by atoms with E-state index in [-0.39, 0.29) is 11.9 Å². The standard InChI is InChI=1S/2C13H20N2O2Si/c2*1-17-13(16)11-8-12(10-14-9-11)15-4-6-18(2,3)7-5-15/h2*8-10H,4-7H2,1-3H3. The van der Waals surface area contributed by atoms with E-state index in [2.05, 4.69) is 46.0 Å². The molecule has 0 amide bonds. The van der Waals surface area contributed by atoms with Gasteiger partial charge in [-0.1, -0.05) is 26.2 Å². The van der Waals surface area contributed by atoms with Crippen molar-refractivity contribution in [3.05, 3.63) is 48.0 Å². The Kier molecular flexibility index (Phi) is 9.29. The largest absolute Gasteiger partial charge is 0.465 e. The first-order chi connectivity index (χ1) is 17.0. The van der Waals surface area contributed by atoms with Crippen LogP contribution in [0.2, 0.25) is 50.4 Å². The van der Waals surface area contributed by atoms with Crippen molar-refractivity contribution in [2.75, 3.05) is 50.2 Å². The summed E-state index contributed by atoms with van der Waals surface area (Å²) in [6.45, 7) is 14.1. The molecule has 2 fully saturated rings. The van der Waals surface area contributed by atoms with E-state index in [9.17, 15) is 9.59 Å². The van der Waals surface area contributed by atoms with Crippen LogP contribution >= 0.6 is 0 Å². The van der Waals surface area contributed by atoms with E-state index in [0.717, 1.165) is 37.6 Å². The van der Waals surface area contributed by atoms with Crippen LogP contribution in [0.4, 0.5) is 11.4 Å². The zero-order valence-electron chi connectivity index (χ0n) is 22.5. The Hall–Kier alpha value is -2.73. The Morgan fingerprint density at radius 3 is 1.31 bits per heavy atom. The highest BCUT2D eigenvalue weighted by Gasteiger charge is 2.28. The third-order valence-corrected chi connectivity index (χ3v) is 13.6. The molecule has 2 aromatic rings. The molecule has 10 heteroatoms. The first kappa shape index (κ1) is 27.9. The molecule has 0 spiro atoms. The van der Waals surface area contributed by atoms with E-state index in [0.29, 0.717) is 11.1 Å². The summed E-state index contributed by atoms with van der Waals surface area (Å²) in [7, 11) is 0.863. The Morgan fingerprint density at radius 1 is 0.667 bits per heavy atom. The molecule has 0 bridgehead atoms. The molecule has 0 unspecified atom stereocenters. The molecule has 8 nitrogen and oxygen atoms in total. The molecular weight excluding hydrogens is 488 g/mol. The van der Waals surface area contributed by atoms with E-state index in [1.165, 1.54) is 38.4 Å². The lowest BCUT2D eigenvalue weighted by Gasteiger charge is -2.36. The van der Waals surface area contributed by atoms with Crippen LogP contribution in [-0.4, -0.2) is 78.5 Å². The molecule has 0 aliphatic carbocycles. The van der Waals surface area contributed by atoms with E-state index in [1.54, 1.807) is 12.4 Å². The van der Waals surface area contributed by atoms with Crippen LogP contribution in [0.25, 0.3) is 0 Å². The number of esters is 2. The summed E-state index contributed by atoms with van der Waals surface area (Å²) < 4.78 is 9.44. The van der Waals surface area contributed by atoms with Gasteiger partial charge in [0.25, 0.3) is 0 Å². The minimum Gasteiger partial charge on any atom is -0.465 e. The topological polar surface area (TPSA) is 84.9 Å². The first-order valence-corrected chi connectivity index (χ1v) is 19.4. The summed E-state index contributed by atoms with van der Waals surface area (Å²) in [5.41, 5.74) is 3.11. The van der Waals surface area contributed by atoms with E-state index >= 15 is 0 Å². The van der Waals surface area contributed by atoms with Gasteiger partial charge in [0.15, 0.2) is 0 Å². The van der Waals surface area contributed by atoms with Gasteiger partial charge >= 0.3 is 11.9 Å². The third kappa shape index (κ3) is 7.63. The van der Waals surface area contributed by atoms with Crippen LogP contribution in [-0.2, 0) is 9.47 Å². The van der Waals surface area contributed by atoms with E-state index < -0.39 is 16.1 Å². The highest BCUT2D eigenvalue weighted by molar-refractivity contribution is 6.78. The molecule has 2 aliphatic rings. The van der Waals surface area contributed by atoms with E-state index in [4.69, 9.17) is 9.47 Å². The van der Waals surface area contributed by atoms with Crippen molar-refractivity contribution in [3.8, 4) is 0 Å². The maximum atomic E-state index is 11.5. The van der Waals surface area contributed by atoms with E-state index in [1.807, 2.05) is 24.5 Å². The van der Waals surface area contributed by atoms with Gasteiger partial charge in [0, 0.05) is 38.6 Å². The summed E-state index contributed by atoms with van der Waals surface area (Å²) in [6.07, 6.45) is 6.76. The van der Waals surface area contributed by atoms with Gasteiger partial charge < -0.3 is 19.3 Å². The number of anilines is 2. The molecule has 2 aliphatic heterocycles. The number of aromatic nitrogens is 2. The number of pyridine rings is 2. The Balaban J connectivity index is 0.000000201. The van der Waals surface area contributed by atoms with Gasteiger partial charge in [0.1, 0.15) is 0 Å². The lowest BCUT2D eigenvalue weighted by molar-refractivity contribution is 0.0591. The zero-order chi connectivity index (χ0) is 26.3. The average Bonchev–Trinajstić information content (AvgIpc) is 2.88. The van der Waals surface area contributed by atoms with Gasteiger partial charge in [-0.25, -0.2) is 9.59 Å². The Bertz CT molecular complexity index is 960. The fourth-order valence-electron chi connectivity index (χ4n) is 4.40. The fraction of sp³-hybridized carbons (Fsp3) is 0.538. The number of rotatable bonds is 4. The summed E-state index contributed by atoms with van der Waals surface area (Å²) in [4.78, 5) is 35.9. The van der Waals surface area contributed by atoms with Crippen molar-refractivity contribution in [1.29, 1.82) is 0 Å². The molecule has 2 aromatic heterocycles. The van der Waals surface area contributed by atoms with Crippen molar-refractivity contribution in [2.45, 2.75) is 50.4 Å². The number of hydrogen-bond acceptors (Lipinski definition) is 8. The van der Waals surface area contributed by atoms with Gasteiger partial charge in [-0.3, -0.25) is 9.97 Å². The summed E-state index contributed by atoms with van der Waals surface area (Å²) in [5, 5.41) is 0. The van der Waals surface area contributed by atoms with Crippen LogP contribution in [0.1, 0.15) is 20.7 Å². The molecular formula is C26H40N4O4Si2. The maximum absolute atomic E-state index is 11.5. The molecule has 196 valence electrons. The van der Waals surface area contributed by atoms with Crippen molar-refractivity contribution in [1.82, 2.24) is 9.97 Å². The normalized spacial score (nSPS) is 18.5. The first-order valence-electron chi connectivity index (χ1n) is 12.6. The van der Waals surface area contributed by atoms with Gasteiger partial charge in [-0.05, 0) is 36.3 Å². The van der Waals surface area contributed by atoms with Crippen molar-refractivity contribution >= 4 is 39.5 Å². The molecule has 4 rings (SSSR count). The number of nitrogens with zero attached hydrogens (tertiary/aromatic N) is 4. The monoisotopic (exact) mass is 528 g/mol. The van der Waals surface area contributed by atoms with Crippen LogP contribution in [0.5, 0.6) is 0 Å². The number of carbonyl (C=O) groups is 2. The van der Waals surface area contributed by atoms with Crippen molar-refractivity contribution in [3.63, 3.8) is 0 Å². The van der Waals surface area contributed by atoms with Crippen molar-refractivity contribution < 1.29 is 19.1 Å². The zero-order valence-corrected chi connectivity index (χ0v) is 24.5.